The third-order valence-corrected chi connectivity index (χ3v) is 4.74. The smallest absolute Gasteiger partial charge is 0.223 e. The molecule has 0 saturated carbocycles. The molecule has 2 rings (SSSR count). The quantitative estimate of drug-likeness (QED) is 0.804. The van der Waals surface area contributed by atoms with E-state index >= 15 is 0 Å². The van der Waals surface area contributed by atoms with Gasteiger partial charge in [-0.15, -0.1) is 0 Å². The van der Waals surface area contributed by atoms with Crippen LogP contribution in [0.4, 0.5) is 4.39 Å². The van der Waals surface area contributed by atoms with Gasteiger partial charge in [-0.1, -0.05) is 45.9 Å². The Labute approximate surface area is 133 Å². The Balaban J connectivity index is 1.96. The molecular formula is C19H26FNO. The number of rotatable bonds is 3. The van der Waals surface area contributed by atoms with Crippen LogP contribution in [0.3, 0.4) is 0 Å². The van der Waals surface area contributed by atoms with Gasteiger partial charge in [-0.3, -0.25) is 4.79 Å². The van der Waals surface area contributed by atoms with Crippen LogP contribution in [0.25, 0.3) is 5.57 Å². The Morgan fingerprint density at radius 2 is 1.91 bits per heavy atom. The second-order valence-electron chi connectivity index (χ2n) is 7.30. The number of carbonyl (C=O) groups is 1. The zero-order chi connectivity index (χ0) is 16.3. The van der Waals surface area contributed by atoms with Crippen LogP contribution >= 0.6 is 0 Å². The molecule has 1 aromatic carbocycles. The fourth-order valence-corrected chi connectivity index (χ4v) is 2.52. The van der Waals surface area contributed by atoms with Crippen molar-refractivity contribution < 1.29 is 9.18 Å². The third kappa shape index (κ3) is 4.19. The Morgan fingerprint density at radius 3 is 2.41 bits per heavy atom. The summed E-state index contributed by atoms with van der Waals surface area (Å²) in [7, 11) is 0. The van der Waals surface area contributed by atoms with Crippen molar-refractivity contribution in [3.05, 3.63) is 41.7 Å². The normalized spacial score (nSPS) is 17.1. The summed E-state index contributed by atoms with van der Waals surface area (Å²) in [4.78, 5) is 14.3. The average molecular weight is 303 g/mol. The number of nitrogens with zero attached hydrogens (tertiary/aromatic N) is 1. The molecule has 1 unspecified atom stereocenters. The fraction of sp³-hybridized carbons (Fsp3) is 0.526. The van der Waals surface area contributed by atoms with E-state index in [4.69, 9.17) is 0 Å². The minimum Gasteiger partial charge on any atom is -0.339 e. The Bertz CT molecular complexity index is 554. The second-order valence-corrected chi connectivity index (χ2v) is 7.30. The predicted octanol–water partition coefficient (Wildman–Crippen LogP) is 4.51. The first-order valence-electron chi connectivity index (χ1n) is 8.00. The van der Waals surface area contributed by atoms with Crippen molar-refractivity contribution in [2.45, 2.75) is 40.5 Å². The second kappa shape index (κ2) is 6.64. The van der Waals surface area contributed by atoms with Gasteiger partial charge in [-0.05, 0) is 41.0 Å². The third-order valence-electron chi connectivity index (χ3n) is 4.74. The highest BCUT2D eigenvalue weighted by atomic mass is 19.1. The van der Waals surface area contributed by atoms with Crippen LogP contribution in [0.2, 0.25) is 0 Å². The Morgan fingerprint density at radius 1 is 1.27 bits per heavy atom. The van der Waals surface area contributed by atoms with Gasteiger partial charge in [0.15, 0.2) is 0 Å². The van der Waals surface area contributed by atoms with Gasteiger partial charge >= 0.3 is 0 Å². The van der Waals surface area contributed by atoms with Gasteiger partial charge in [0.1, 0.15) is 5.82 Å². The first-order chi connectivity index (χ1) is 10.3. The molecule has 0 N–H and O–H groups in total. The monoisotopic (exact) mass is 303 g/mol. The van der Waals surface area contributed by atoms with Gasteiger partial charge in [0.25, 0.3) is 0 Å². The fourth-order valence-electron chi connectivity index (χ4n) is 2.52. The molecule has 0 saturated heterocycles. The van der Waals surface area contributed by atoms with Gasteiger partial charge < -0.3 is 4.90 Å². The minimum absolute atomic E-state index is 0.153. The van der Waals surface area contributed by atoms with Gasteiger partial charge in [-0.25, -0.2) is 4.39 Å². The van der Waals surface area contributed by atoms with E-state index in [0.29, 0.717) is 18.9 Å². The maximum atomic E-state index is 13.0. The number of carbonyl (C=O) groups excluding carboxylic acids is 1. The van der Waals surface area contributed by atoms with Crippen LogP contribution in [0.5, 0.6) is 0 Å². The van der Waals surface area contributed by atoms with Crippen LogP contribution in [-0.2, 0) is 4.79 Å². The topological polar surface area (TPSA) is 20.3 Å². The summed E-state index contributed by atoms with van der Waals surface area (Å²) in [5, 5.41) is 0. The zero-order valence-electron chi connectivity index (χ0n) is 14.0. The highest BCUT2D eigenvalue weighted by Gasteiger charge is 2.25. The van der Waals surface area contributed by atoms with Crippen molar-refractivity contribution in [3.63, 3.8) is 0 Å². The average Bonchev–Trinajstić information content (AvgIpc) is 2.47. The standard InChI is InChI=1S/C19H26FNO/c1-14(19(2,3)4)13-18(22)21-11-9-16(10-12-21)15-5-7-17(20)8-6-15/h5-9,14H,10-13H2,1-4H3. The molecule has 1 atom stereocenters. The number of hydrogen-bond acceptors (Lipinski definition) is 1. The summed E-state index contributed by atoms with van der Waals surface area (Å²) >= 11 is 0. The van der Waals surface area contributed by atoms with Crippen molar-refractivity contribution in [3.8, 4) is 0 Å². The maximum absolute atomic E-state index is 13.0. The molecule has 3 heteroatoms. The molecule has 0 radical (unpaired) electrons. The van der Waals surface area contributed by atoms with E-state index in [1.807, 2.05) is 4.90 Å². The Kier molecular flexibility index (Phi) is 5.05. The predicted molar refractivity (Wildman–Crippen MR) is 88.8 cm³/mol. The molecular weight excluding hydrogens is 277 g/mol. The Hall–Kier alpha value is -1.64. The summed E-state index contributed by atoms with van der Waals surface area (Å²) in [5.74, 6) is 0.382. The molecule has 1 amide bonds. The van der Waals surface area contributed by atoms with Crippen molar-refractivity contribution in [2.75, 3.05) is 13.1 Å². The van der Waals surface area contributed by atoms with E-state index in [1.165, 1.54) is 17.7 Å². The van der Waals surface area contributed by atoms with Gasteiger partial charge in [0.2, 0.25) is 5.91 Å². The first kappa shape index (κ1) is 16.7. The van der Waals surface area contributed by atoms with Crippen molar-refractivity contribution in [2.24, 2.45) is 11.3 Å². The molecule has 1 aromatic rings. The van der Waals surface area contributed by atoms with Crippen LogP contribution < -0.4 is 0 Å². The molecule has 0 spiro atoms. The summed E-state index contributed by atoms with van der Waals surface area (Å²) in [6, 6.07) is 6.58. The van der Waals surface area contributed by atoms with Gasteiger partial charge in [-0.2, -0.15) is 0 Å². The van der Waals surface area contributed by atoms with E-state index in [9.17, 15) is 9.18 Å². The number of halogens is 1. The van der Waals surface area contributed by atoms with E-state index in [1.54, 1.807) is 12.1 Å². The largest absolute Gasteiger partial charge is 0.339 e. The molecule has 0 bridgehead atoms. The molecule has 1 heterocycles. The number of amides is 1. The first-order valence-corrected chi connectivity index (χ1v) is 8.00. The highest BCUT2D eigenvalue weighted by molar-refractivity contribution is 5.78. The lowest BCUT2D eigenvalue weighted by Crippen LogP contribution is -2.36. The molecule has 0 aromatic heterocycles. The van der Waals surface area contributed by atoms with Crippen LogP contribution in [0.15, 0.2) is 30.3 Å². The van der Waals surface area contributed by atoms with Crippen LogP contribution in [0, 0.1) is 17.2 Å². The summed E-state index contributed by atoms with van der Waals surface area (Å²) in [5.41, 5.74) is 2.41. The van der Waals surface area contributed by atoms with E-state index in [-0.39, 0.29) is 17.1 Å². The number of hydrogen-bond donors (Lipinski definition) is 0. The van der Waals surface area contributed by atoms with Crippen molar-refractivity contribution >= 4 is 11.5 Å². The van der Waals surface area contributed by atoms with Gasteiger partial charge in [0.05, 0.1) is 0 Å². The van der Waals surface area contributed by atoms with Crippen LogP contribution in [-0.4, -0.2) is 23.9 Å². The maximum Gasteiger partial charge on any atom is 0.223 e. The highest BCUT2D eigenvalue weighted by Crippen LogP contribution is 2.29. The van der Waals surface area contributed by atoms with E-state index in [0.717, 1.165) is 18.5 Å². The van der Waals surface area contributed by atoms with Gasteiger partial charge in [0, 0.05) is 19.5 Å². The molecule has 1 aliphatic rings. The SMILES string of the molecule is CC(CC(=O)N1CC=C(c2ccc(F)cc2)CC1)C(C)(C)C. The number of benzene rings is 1. The lowest BCUT2D eigenvalue weighted by Gasteiger charge is -2.31. The van der Waals surface area contributed by atoms with E-state index < -0.39 is 0 Å². The molecule has 2 nitrogen and oxygen atoms in total. The van der Waals surface area contributed by atoms with E-state index in [2.05, 4.69) is 33.8 Å². The summed E-state index contributed by atoms with van der Waals surface area (Å²) in [6.07, 6.45) is 3.53. The minimum atomic E-state index is -0.215. The lowest BCUT2D eigenvalue weighted by molar-refractivity contribution is -0.132. The summed E-state index contributed by atoms with van der Waals surface area (Å²) in [6.45, 7) is 10.1. The molecule has 22 heavy (non-hydrogen) atoms. The van der Waals surface area contributed by atoms with Crippen molar-refractivity contribution in [1.82, 2.24) is 4.90 Å². The molecule has 120 valence electrons. The lowest BCUT2D eigenvalue weighted by atomic mass is 9.80. The molecule has 1 aliphatic heterocycles. The van der Waals surface area contributed by atoms with Crippen molar-refractivity contribution in [1.29, 1.82) is 0 Å². The van der Waals surface area contributed by atoms with Crippen LogP contribution in [0.1, 0.15) is 46.1 Å². The molecule has 0 fully saturated rings. The zero-order valence-corrected chi connectivity index (χ0v) is 14.0. The summed E-state index contributed by atoms with van der Waals surface area (Å²) < 4.78 is 13.0. The molecule has 0 aliphatic carbocycles.